The van der Waals surface area contributed by atoms with Crippen LogP contribution in [0.3, 0.4) is 0 Å². The summed E-state index contributed by atoms with van der Waals surface area (Å²) in [5, 5.41) is 5.42. The molecule has 0 bridgehead atoms. The maximum Gasteiger partial charge on any atom is 0.0618 e. The van der Waals surface area contributed by atoms with Gasteiger partial charge in [0.05, 0.1) is 15.5 Å². The molecule has 0 fully saturated rings. The summed E-state index contributed by atoms with van der Waals surface area (Å²) >= 11 is 0. The first-order valence-electron chi connectivity index (χ1n) is 20.7. The quantitative estimate of drug-likeness (QED) is 0.153. The van der Waals surface area contributed by atoms with Crippen molar-refractivity contribution in [2.45, 2.75) is 198 Å². The summed E-state index contributed by atoms with van der Waals surface area (Å²) in [6, 6.07) is 16.0. The van der Waals surface area contributed by atoms with Gasteiger partial charge in [-0.15, -0.1) is 0 Å². The van der Waals surface area contributed by atoms with E-state index in [1.807, 2.05) is 5.19 Å². The van der Waals surface area contributed by atoms with Crippen LogP contribution in [0.2, 0.25) is 19.6 Å². The Morgan fingerprint density at radius 2 is 0.510 bits per heavy atom. The van der Waals surface area contributed by atoms with Crippen molar-refractivity contribution in [3.05, 3.63) is 86.5 Å². The number of hydrogen-bond acceptors (Lipinski definition) is 0. The molecule has 3 aromatic rings. The summed E-state index contributed by atoms with van der Waals surface area (Å²) in [5.74, 6) is 4.41. The van der Waals surface area contributed by atoms with Crippen LogP contribution in [-0.4, -0.2) is 22.9 Å². The molecule has 0 aliphatic rings. The molecule has 51 heavy (non-hydrogen) atoms. The number of hydrogen-bond donors (Lipinski definition) is 0. The van der Waals surface area contributed by atoms with E-state index in [4.69, 9.17) is 0 Å². The molecule has 0 amide bonds. The molecular formula is C48H78Si3. The molecule has 0 heterocycles. The van der Waals surface area contributed by atoms with Crippen molar-refractivity contribution in [1.29, 1.82) is 0 Å². The molecule has 282 valence electrons. The summed E-state index contributed by atoms with van der Waals surface area (Å²) in [6.07, 6.45) is 0. The predicted octanol–water partition coefficient (Wildman–Crippen LogP) is 13.3. The highest BCUT2D eigenvalue weighted by Gasteiger charge is 2.37. The van der Waals surface area contributed by atoms with Crippen LogP contribution >= 0.6 is 0 Å². The fraction of sp³-hybridized carbons (Fsp3) is 0.625. The van der Waals surface area contributed by atoms with Crippen molar-refractivity contribution in [3.8, 4) is 0 Å². The van der Waals surface area contributed by atoms with E-state index in [0.29, 0.717) is 53.3 Å². The first kappa shape index (κ1) is 43.7. The lowest BCUT2D eigenvalue weighted by Crippen LogP contribution is -2.61. The summed E-state index contributed by atoms with van der Waals surface area (Å²) in [4.78, 5) is 0. The largest absolute Gasteiger partial charge is 0.0691 e. The third-order valence-corrected chi connectivity index (χ3v) is 34.4. The molecular weight excluding hydrogens is 661 g/mol. The Hall–Kier alpha value is -1.69. The van der Waals surface area contributed by atoms with Crippen LogP contribution in [0, 0.1) is 0 Å². The van der Waals surface area contributed by atoms with Crippen LogP contribution in [0.1, 0.15) is 228 Å². The molecule has 0 atom stereocenters. The van der Waals surface area contributed by atoms with E-state index < -0.39 is 22.9 Å². The van der Waals surface area contributed by atoms with Crippen molar-refractivity contribution >= 4 is 38.4 Å². The van der Waals surface area contributed by atoms with Crippen molar-refractivity contribution in [2.75, 3.05) is 0 Å². The lowest BCUT2D eigenvalue weighted by Gasteiger charge is -2.36. The van der Waals surface area contributed by atoms with Crippen LogP contribution in [0.4, 0.5) is 0 Å². The highest BCUT2D eigenvalue weighted by Crippen LogP contribution is 2.32. The Morgan fingerprint density at radius 1 is 0.314 bits per heavy atom. The Labute approximate surface area is 321 Å². The average molecular weight is 739 g/mol. The smallest absolute Gasteiger partial charge is 0.0618 e. The first-order valence-corrected chi connectivity index (χ1v) is 29.2. The standard InChI is InChI=1S/C48H78Si3/c1-28(2)37-22-40(31(7)8)46(41(23-37)32(9)10)49(47-42(33(11)12)24-38(29(3)4)25-43(47)34(13)14)50(51(19,20)21)48-44(35(15)16)26-39(30(5)6)27-45(48)36(17)18/h22-36H,1-21H3. The van der Waals surface area contributed by atoms with Gasteiger partial charge in [-0.2, -0.15) is 0 Å². The van der Waals surface area contributed by atoms with Gasteiger partial charge < -0.3 is 0 Å². The normalized spacial score (nSPS) is 12.8. The second-order valence-corrected chi connectivity index (χ2v) is 37.6. The molecule has 0 radical (unpaired) electrons. The molecule has 0 aromatic heterocycles. The maximum absolute atomic E-state index is 2.76. The molecule has 3 aromatic carbocycles. The third kappa shape index (κ3) is 9.52. The highest BCUT2D eigenvalue weighted by atomic mass is 29.4. The lowest BCUT2D eigenvalue weighted by atomic mass is 9.89. The van der Waals surface area contributed by atoms with Crippen LogP contribution in [0.5, 0.6) is 0 Å². The Bertz CT molecular complexity index is 1540. The zero-order valence-corrected chi connectivity index (χ0v) is 40.2. The van der Waals surface area contributed by atoms with Crippen LogP contribution in [0.25, 0.3) is 0 Å². The zero-order valence-electron chi connectivity index (χ0n) is 37.2. The average Bonchev–Trinajstić information content (AvgIpc) is 3.00. The minimum Gasteiger partial charge on any atom is -0.0691 e. The molecule has 0 saturated heterocycles. The molecule has 0 aliphatic heterocycles. The summed E-state index contributed by atoms with van der Waals surface area (Å²) < 4.78 is 0. The zero-order chi connectivity index (χ0) is 39.0. The van der Waals surface area contributed by atoms with Gasteiger partial charge in [0.25, 0.3) is 0 Å². The van der Waals surface area contributed by atoms with Gasteiger partial charge in [-0.3, -0.25) is 0 Å². The molecule has 3 heteroatoms. The molecule has 0 spiro atoms. The van der Waals surface area contributed by atoms with Crippen LogP contribution in [-0.2, 0) is 0 Å². The Morgan fingerprint density at radius 3 is 0.667 bits per heavy atom. The third-order valence-electron chi connectivity index (χ3n) is 11.1. The monoisotopic (exact) mass is 739 g/mol. The summed E-state index contributed by atoms with van der Waals surface area (Å²) in [5.41, 5.74) is 14.5. The van der Waals surface area contributed by atoms with E-state index in [-0.39, 0.29) is 0 Å². The van der Waals surface area contributed by atoms with Crippen LogP contribution < -0.4 is 15.6 Å². The molecule has 0 aliphatic carbocycles. The minimum atomic E-state index is -1.81. The van der Waals surface area contributed by atoms with Gasteiger partial charge in [-0.25, -0.2) is 0 Å². The van der Waals surface area contributed by atoms with Crippen molar-refractivity contribution in [3.63, 3.8) is 0 Å². The number of benzene rings is 3. The second kappa shape index (κ2) is 17.2. The fourth-order valence-electron chi connectivity index (χ4n) is 7.98. The lowest BCUT2D eigenvalue weighted by molar-refractivity contribution is 0.810. The fourth-order valence-corrected chi connectivity index (χ4v) is 33.6. The van der Waals surface area contributed by atoms with Gasteiger partial charge in [-0.05, 0) is 119 Å². The van der Waals surface area contributed by atoms with Gasteiger partial charge >= 0.3 is 0 Å². The van der Waals surface area contributed by atoms with Crippen molar-refractivity contribution in [2.24, 2.45) is 0 Å². The van der Waals surface area contributed by atoms with Gasteiger partial charge in [0.2, 0.25) is 0 Å². The molecule has 0 nitrogen and oxygen atoms in total. The van der Waals surface area contributed by atoms with E-state index in [9.17, 15) is 0 Å². The predicted molar refractivity (Wildman–Crippen MR) is 240 cm³/mol. The van der Waals surface area contributed by atoms with E-state index in [1.165, 1.54) is 16.7 Å². The molecule has 0 saturated carbocycles. The van der Waals surface area contributed by atoms with Crippen LogP contribution in [0.15, 0.2) is 36.4 Å². The van der Waals surface area contributed by atoms with Gasteiger partial charge in [0.1, 0.15) is 0 Å². The van der Waals surface area contributed by atoms with Gasteiger partial charge in [0.15, 0.2) is 0 Å². The molecule has 0 N–H and O–H groups in total. The summed E-state index contributed by atoms with van der Waals surface area (Å²) in [6.45, 7) is 52.4. The second-order valence-electron chi connectivity index (χ2n) is 19.6. The van der Waals surface area contributed by atoms with E-state index in [2.05, 4.69) is 181 Å². The molecule has 0 unspecified atom stereocenters. The minimum absolute atomic E-state index is 0.471. The summed E-state index contributed by atoms with van der Waals surface area (Å²) in [7, 11) is -4.23. The number of rotatable bonds is 13. The maximum atomic E-state index is 2.76. The van der Waals surface area contributed by atoms with Crippen molar-refractivity contribution < 1.29 is 0 Å². The van der Waals surface area contributed by atoms with E-state index in [0.717, 1.165) is 0 Å². The van der Waals surface area contributed by atoms with E-state index in [1.54, 1.807) is 43.8 Å². The topological polar surface area (TPSA) is 0 Å². The molecule has 3 rings (SSSR count). The van der Waals surface area contributed by atoms with Gasteiger partial charge in [-0.1, -0.05) is 181 Å². The SMILES string of the molecule is CC(C)c1cc(C(C)C)c([Si](c2c(C(C)C)cc(C(C)C)cc2C(C)C)=[Si](c2c(C(C)C)cc(C(C)C)cc2C(C)C)[Si](C)(C)C)c(C(C)C)c1. The van der Waals surface area contributed by atoms with Gasteiger partial charge in [0, 0.05) is 7.41 Å². The Kier molecular flexibility index (Phi) is 14.7. The highest BCUT2D eigenvalue weighted by molar-refractivity contribution is 7.48. The van der Waals surface area contributed by atoms with E-state index >= 15 is 0 Å². The first-order chi connectivity index (χ1) is 23.4. The van der Waals surface area contributed by atoms with Crippen molar-refractivity contribution in [1.82, 2.24) is 0 Å². The Balaban J connectivity index is 3.05.